The molecule has 7 heteroatoms. The number of piperazine rings is 1. The van der Waals surface area contributed by atoms with E-state index in [4.69, 9.17) is 0 Å². The quantitative estimate of drug-likeness (QED) is 0.675. The molecule has 1 N–H and O–H groups in total. The Labute approximate surface area is 130 Å². The maximum atomic E-state index is 4.58. The van der Waals surface area contributed by atoms with Gasteiger partial charge in [-0.3, -0.25) is 4.99 Å². The molecule has 6 nitrogen and oxygen atoms in total. The van der Waals surface area contributed by atoms with Crippen LogP contribution >= 0.6 is 11.5 Å². The monoisotopic (exact) mass is 308 g/mol. The summed E-state index contributed by atoms with van der Waals surface area (Å²) < 4.78 is 4.38. The zero-order valence-electron chi connectivity index (χ0n) is 12.9. The molecule has 1 aliphatic carbocycles. The van der Waals surface area contributed by atoms with Gasteiger partial charge in [-0.15, -0.1) is 0 Å². The minimum Gasteiger partial charge on any atom is -0.354 e. The average Bonchev–Trinajstić information content (AvgIpc) is 2.96. The van der Waals surface area contributed by atoms with E-state index in [1.54, 1.807) is 0 Å². The Hall–Kier alpha value is -1.37. The topological polar surface area (TPSA) is 56.7 Å². The molecule has 0 unspecified atom stereocenters. The van der Waals surface area contributed by atoms with Gasteiger partial charge < -0.3 is 15.1 Å². The highest BCUT2D eigenvalue weighted by atomic mass is 32.1. The third-order valence-corrected chi connectivity index (χ3v) is 5.09. The number of anilines is 1. The molecule has 2 fully saturated rings. The van der Waals surface area contributed by atoms with Crippen LogP contribution in [0.3, 0.4) is 0 Å². The molecule has 1 aromatic rings. The summed E-state index contributed by atoms with van der Waals surface area (Å²) in [6, 6.07) is 0.636. The molecule has 0 bridgehead atoms. The summed E-state index contributed by atoms with van der Waals surface area (Å²) in [4.78, 5) is 13.7. The second-order valence-corrected chi connectivity index (χ2v) is 6.37. The first kappa shape index (κ1) is 14.6. The Morgan fingerprint density at radius 3 is 2.62 bits per heavy atom. The van der Waals surface area contributed by atoms with Crippen LogP contribution in [-0.4, -0.2) is 59.5 Å². The molecule has 0 amide bonds. The second-order valence-electron chi connectivity index (χ2n) is 5.64. The van der Waals surface area contributed by atoms with E-state index in [0.717, 1.165) is 49.5 Å². The fourth-order valence-electron chi connectivity index (χ4n) is 2.66. The van der Waals surface area contributed by atoms with Gasteiger partial charge in [0.25, 0.3) is 0 Å². The van der Waals surface area contributed by atoms with Gasteiger partial charge >= 0.3 is 0 Å². The molecule has 0 radical (unpaired) electrons. The van der Waals surface area contributed by atoms with Crippen LogP contribution in [0.15, 0.2) is 4.99 Å². The Morgan fingerprint density at radius 1 is 1.33 bits per heavy atom. The number of rotatable bonds is 3. The molecule has 0 atom stereocenters. The molecule has 1 aliphatic heterocycles. The van der Waals surface area contributed by atoms with Crippen molar-refractivity contribution in [2.75, 3.05) is 38.1 Å². The third-order valence-electron chi connectivity index (χ3n) is 4.27. The van der Waals surface area contributed by atoms with Gasteiger partial charge in [0, 0.05) is 57.2 Å². The minimum atomic E-state index is 0.636. The lowest BCUT2D eigenvalue weighted by Crippen LogP contribution is -2.55. The highest BCUT2D eigenvalue weighted by Gasteiger charge is 2.25. The lowest BCUT2D eigenvalue weighted by Gasteiger charge is -2.38. The maximum Gasteiger partial charge on any atom is 0.205 e. The number of aromatic nitrogens is 2. The Morgan fingerprint density at radius 2 is 2.10 bits per heavy atom. The van der Waals surface area contributed by atoms with Crippen LogP contribution < -0.4 is 10.2 Å². The fourth-order valence-corrected chi connectivity index (χ4v) is 3.46. The SMILES string of the molecule is CCc1nsc(N2CCN(C(=NC)NC3CCC3)CC2)n1. The van der Waals surface area contributed by atoms with Crippen molar-refractivity contribution in [3.8, 4) is 0 Å². The van der Waals surface area contributed by atoms with Crippen molar-refractivity contribution in [1.82, 2.24) is 19.6 Å². The molecule has 3 rings (SSSR count). The van der Waals surface area contributed by atoms with Gasteiger partial charge in [0.05, 0.1) is 0 Å². The first-order chi connectivity index (χ1) is 10.3. The molecule has 0 spiro atoms. The maximum absolute atomic E-state index is 4.58. The van der Waals surface area contributed by atoms with Gasteiger partial charge in [0.1, 0.15) is 5.82 Å². The number of nitrogens with one attached hydrogen (secondary N) is 1. The number of guanidine groups is 1. The predicted octanol–water partition coefficient (Wildman–Crippen LogP) is 1.35. The molecular weight excluding hydrogens is 284 g/mol. The summed E-state index contributed by atoms with van der Waals surface area (Å²) in [5.74, 6) is 2.02. The number of aryl methyl sites for hydroxylation is 1. The van der Waals surface area contributed by atoms with E-state index in [-0.39, 0.29) is 0 Å². The normalized spacial score (nSPS) is 20.6. The average molecular weight is 308 g/mol. The molecule has 1 saturated heterocycles. The van der Waals surface area contributed by atoms with Crippen LogP contribution in [0.5, 0.6) is 0 Å². The number of hydrogen-bond acceptors (Lipinski definition) is 5. The van der Waals surface area contributed by atoms with Crippen molar-refractivity contribution < 1.29 is 0 Å². The van der Waals surface area contributed by atoms with Crippen LogP contribution in [0.2, 0.25) is 0 Å². The Balaban J connectivity index is 1.53. The first-order valence-corrected chi connectivity index (χ1v) is 8.63. The molecule has 21 heavy (non-hydrogen) atoms. The summed E-state index contributed by atoms with van der Waals surface area (Å²) in [6.07, 6.45) is 4.82. The number of hydrogen-bond donors (Lipinski definition) is 1. The van der Waals surface area contributed by atoms with Crippen molar-refractivity contribution in [2.45, 2.75) is 38.6 Å². The third kappa shape index (κ3) is 3.28. The molecule has 0 aromatic carbocycles. The lowest BCUT2D eigenvalue weighted by atomic mass is 9.93. The summed E-state index contributed by atoms with van der Waals surface area (Å²) in [6.45, 7) is 6.06. The van der Waals surface area contributed by atoms with E-state index >= 15 is 0 Å². The summed E-state index contributed by atoms with van der Waals surface area (Å²) >= 11 is 1.52. The number of aliphatic imine (C=N–C) groups is 1. The van der Waals surface area contributed by atoms with E-state index in [1.165, 1.54) is 30.8 Å². The second kappa shape index (κ2) is 6.60. The van der Waals surface area contributed by atoms with E-state index < -0.39 is 0 Å². The van der Waals surface area contributed by atoms with Crippen molar-refractivity contribution in [1.29, 1.82) is 0 Å². The van der Waals surface area contributed by atoms with Gasteiger partial charge in [0.15, 0.2) is 5.96 Å². The van der Waals surface area contributed by atoms with E-state index in [9.17, 15) is 0 Å². The molecule has 1 aromatic heterocycles. The van der Waals surface area contributed by atoms with Crippen molar-refractivity contribution in [2.24, 2.45) is 4.99 Å². The Bertz CT molecular complexity index is 487. The van der Waals surface area contributed by atoms with Gasteiger partial charge in [-0.2, -0.15) is 4.37 Å². The standard InChI is InChI=1S/C14H24N6S/c1-3-12-17-14(21-18-12)20-9-7-19(8-10-20)13(15-2)16-11-5-4-6-11/h11H,3-10H2,1-2H3,(H,15,16). The van der Waals surface area contributed by atoms with Crippen molar-refractivity contribution >= 4 is 22.6 Å². The zero-order valence-corrected chi connectivity index (χ0v) is 13.7. The van der Waals surface area contributed by atoms with Crippen molar-refractivity contribution in [3.05, 3.63) is 5.82 Å². The fraction of sp³-hybridized carbons (Fsp3) is 0.786. The van der Waals surface area contributed by atoms with Crippen LogP contribution in [-0.2, 0) is 6.42 Å². The first-order valence-electron chi connectivity index (χ1n) is 7.86. The Kier molecular flexibility index (Phi) is 4.57. The highest BCUT2D eigenvalue weighted by Crippen LogP contribution is 2.21. The molecule has 116 valence electrons. The van der Waals surface area contributed by atoms with Gasteiger partial charge in [0.2, 0.25) is 5.13 Å². The molecule has 1 saturated carbocycles. The largest absolute Gasteiger partial charge is 0.354 e. The van der Waals surface area contributed by atoms with Gasteiger partial charge in [-0.05, 0) is 19.3 Å². The smallest absolute Gasteiger partial charge is 0.205 e. The van der Waals surface area contributed by atoms with Crippen LogP contribution in [0.4, 0.5) is 5.13 Å². The van der Waals surface area contributed by atoms with Gasteiger partial charge in [-0.1, -0.05) is 6.92 Å². The lowest BCUT2D eigenvalue weighted by molar-refractivity contribution is 0.332. The van der Waals surface area contributed by atoms with Crippen LogP contribution in [0, 0.1) is 0 Å². The van der Waals surface area contributed by atoms with E-state index in [2.05, 4.69) is 36.4 Å². The van der Waals surface area contributed by atoms with Crippen LogP contribution in [0.1, 0.15) is 32.0 Å². The summed E-state index contributed by atoms with van der Waals surface area (Å²) in [5.41, 5.74) is 0. The van der Waals surface area contributed by atoms with Crippen molar-refractivity contribution in [3.63, 3.8) is 0 Å². The minimum absolute atomic E-state index is 0.636. The van der Waals surface area contributed by atoms with E-state index in [1.807, 2.05) is 7.05 Å². The number of nitrogens with zero attached hydrogens (tertiary/aromatic N) is 5. The zero-order chi connectivity index (χ0) is 14.7. The molecule has 2 heterocycles. The highest BCUT2D eigenvalue weighted by molar-refractivity contribution is 7.09. The molecular formula is C14H24N6S. The summed E-state index contributed by atoms with van der Waals surface area (Å²) in [5, 5.41) is 4.64. The predicted molar refractivity (Wildman–Crippen MR) is 87.2 cm³/mol. The molecule has 2 aliphatic rings. The van der Waals surface area contributed by atoms with E-state index in [0.29, 0.717) is 6.04 Å². The van der Waals surface area contributed by atoms with Gasteiger partial charge in [-0.25, -0.2) is 4.98 Å². The van der Waals surface area contributed by atoms with Crippen LogP contribution in [0.25, 0.3) is 0 Å². The summed E-state index contributed by atoms with van der Waals surface area (Å²) in [7, 11) is 1.88.